The third kappa shape index (κ3) is 3.95. The summed E-state index contributed by atoms with van der Waals surface area (Å²) in [5.74, 6) is 0. The van der Waals surface area contributed by atoms with Crippen molar-refractivity contribution in [2.45, 2.75) is 39.0 Å². The molecule has 1 aliphatic rings. The van der Waals surface area contributed by atoms with Crippen molar-refractivity contribution in [3.05, 3.63) is 83.2 Å². The van der Waals surface area contributed by atoms with Gasteiger partial charge in [-0.15, -0.1) is 0 Å². The van der Waals surface area contributed by atoms with Gasteiger partial charge >= 0.3 is 0 Å². The minimum Gasteiger partial charge on any atom is -0.383 e. The highest BCUT2D eigenvalue weighted by Crippen LogP contribution is 2.41. The van der Waals surface area contributed by atoms with Crippen LogP contribution in [0.2, 0.25) is 0 Å². The van der Waals surface area contributed by atoms with Crippen LogP contribution >= 0.6 is 12.2 Å². The molecule has 4 rings (SSSR count). The fourth-order valence-corrected chi connectivity index (χ4v) is 4.56. The van der Waals surface area contributed by atoms with Crippen LogP contribution in [0.3, 0.4) is 0 Å². The Morgan fingerprint density at radius 2 is 1.93 bits per heavy atom. The number of ether oxygens (including phenoxy) is 1. The Balaban J connectivity index is 1.76. The molecule has 0 amide bonds. The lowest BCUT2D eigenvalue weighted by Gasteiger charge is -2.28. The molecule has 0 unspecified atom stereocenters. The molecule has 3 aromatic heterocycles. The van der Waals surface area contributed by atoms with E-state index in [9.17, 15) is 0 Å². The Labute approximate surface area is 182 Å². The van der Waals surface area contributed by atoms with Gasteiger partial charge in [-0.25, -0.2) is 0 Å². The van der Waals surface area contributed by atoms with Gasteiger partial charge in [0.05, 0.1) is 24.4 Å². The SMILES string of the molecule is COCCn1c(C)cc([C@H]2[C@H](c3ccccn3)NC(=S)N2Cc2ccncc2)c1C. The van der Waals surface area contributed by atoms with Crippen molar-refractivity contribution in [3.63, 3.8) is 0 Å². The van der Waals surface area contributed by atoms with E-state index < -0.39 is 0 Å². The minimum absolute atomic E-state index is 0.0167. The van der Waals surface area contributed by atoms with E-state index in [4.69, 9.17) is 17.0 Å². The summed E-state index contributed by atoms with van der Waals surface area (Å²) >= 11 is 5.79. The van der Waals surface area contributed by atoms with Gasteiger partial charge in [0.15, 0.2) is 5.11 Å². The number of nitrogens with one attached hydrogen (secondary N) is 1. The average molecular weight is 422 g/mol. The van der Waals surface area contributed by atoms with Gasteiger partial charge in [0.25, 0.3) is 0 Å². The van der Waals surface area contributed by atoms with Gasteiger partial charge in [-0.3, -0.25) is 9.97 Å². The highest BCUT2D eigenvalue weighted by molar-refractivity contribution is 7.80. The average Bonchev–Trinajstić information content (AvgIpc) is 3.23. The minimum atomic E-state index is -0.0167. The lowest BCUT2D eigenvalue weighted by Crippen LogP contribution is -2.29. The van der Waals surface area contributed by atoms with Crippen molar-refractivity contribution >= 4 is 17.3 Å². The van der Waals surface area contributed by atoms with Crippen molar-refractivity contribution in [2.24, 2.45) is 0 Å². The summed E-state index contributed by atoms with van der Waals surface area (Å²) in [6.45, 7) is 6.55. The zero-order chi connectivity index (χ0) is 21.1. The molecule has 1 saturated heterocycles. The second kappa shape index (κ2) is 8.93. The molecule has 0 saturated carbocycles. The van der Waals surface area contributed by atoms with E-state index in [1.165, 1.54) is 22.5 Å². The molecule has 30 heavy (non-hydrogen) atoms. The molecule has 0 radical (unpaired) electrons. The largest absolute Gasteiger partial charge is 0.383 e. The highest BCUT2D eigenvalue weighted by Gasteiger charge is 2.41. The van der Waals surface area contributed by atoms with Gasteiger partial charge in [0.2, 0.25) is 0 Å². The number of aromatic nitrogens is 3. The Morgan fingerprint density at radius 3 is 2.63 bits per heavy atom. The number of hydrogen-bond donors (Lipinski definition) is 1. The van der Waals surface area contributed by atoms with Crippen LogP contribution in [0.4, 0.5) is 0 Å². The Hall–Kier alpha value is -2.77. The topological polar surface area (TPSA) is 55.2 Å². The molecular formula is C23H27N5OS. The second-order valence-electron chi connectivity index (χ2n) is 7.58. The van der Waals surface area contributed by atoms with Crippen LogP contribution in [0.25, 0.3) is 0 Å². The smallest absolute Gasteiger partial charge is 0.170 e. The molecule has 7 heteroatoms. The number of rotatable bonds is 7. The molecule has 1 N–H and O–H groups in total. The molecule has 0 bridgehead atoms. The normalized spacial score (nSPS) is 18.6. The van der Waals surface area contributed by atoms with Crippen LogP contribution in [0.15, 0.2) is 55.0 Å². The van der Waals surface area contributed by atoms with Crippen LogP contribution in [-0.2, 0) is 17.8 Å². The Morgan fingerprint density at radius 1 is 1.13 bits per heavy atom. The number of hydrogen-bond acceptors (Lipinski definition) is 4. The first-order valence-electron chi connectivity index (χ1n) is 10.1. The van der Waals surface area contributed by atoms with Gasteiger partial charge in [-0.05, 0) is 67.5 Å². The fraction of sp³-hybridized carbons (Fsp3) is 0.348. The van der Waals surface area contributed by atoms with Gasteiger partial charge in [-0.1, -0.05) is 6.07 Å². The van der Waals surface area contributed by atoms with E-state index in [0.717, 1.165) is 17.4 Å². The van der Waals surface area contributed by atoms with Crippen molar-refractivity contribution in [1.29, 1.82) is 0 Å². The maximum atomic E-state index is 5.79. The van der Waals surface area contributed by atoms with Crippen molar-refractivity contribution < 1.29 is 4.74 Å². The summed E-state index contributed by atoms with van der Waals surface area (Å²) in [6.07, 6.45) is 5.48. The first-order valence-corrected chi connectivity index (χ1v) is 10.5. The van der Waals surface area contributed by atoms with Gasteiger partial charge in [0.1, 0.15) is 0 Å². The molecule has 1 aliphatic heterocycles. The second-order valence-corrected chi connectivity index (χ2v) is 7.97. The number of methoxy groups -OCH3 is 1. The first kappa shape index (κ1) is 20.5. The monoisotopic (exact) mass is 421 g/mol. The van der Waals surface area contributed by atoms with E-state index in [1.807, 2.05) is 42.9 Å². The summed E-state index contributed by atoms with van der Waals surface area (Å²) in [4.78, 5) is 11.0. The molecule has 1 fully saturated rings. The number of thiocarbonyl (C=S) groups is 1. The van der Waals surface area contributed by atoms with Gasteiger partial charge in [-0.2, -0.15) is 0 Å². The van der Waals surface area contributed by atoms with Crippen molar-refractivity contribution in [3.8, 4) is 0 Å². The molecule has 4 heterocycles. The molecule has 0 aromatic carbocycles. The molecule has 0 aliphatic carbocycles. The quantitative estimate of drug-likeness (QED) is 0.587. The van der Waals surface area contributed by atoms with Crippen molar-refractivity contribution in [2.75, 3.05) is 13.7 Å². The highest BCUT2D eigenvalue weighted by atomic mass is 32.1. The van der Waals surface area contributed by atoms with Crippen LogP contribution in [0.1, 0.15) is 40.3 Å². The molecule has 0 spiro atoms. The molecule has 156 valence electrons. The van der Waals surface area contributed by atoms with Crippen molar-refractivity contribution in [1.82, 2.24) is 24.8 Å². The zero-order valence-electron chi connectivity index (χ0n) is 17.6. The summed E-state index contributed by atoms with van der Waals surface area (Å²) < 4.78 is 7.64. The number of nitrogens with zero attached hydrogens (tertiary/aromatic N) is 4. The molecule has 6 nitrogen and oxygen atoms in total. The Kier molecular flexibility index (Phi) is 6.11. The van der Waals surface area contributed by atoms with E-state index in [0.29, 0.717) is 13.2 Å². The predicted octanol–water partition coefficient (Wildman–Crippen LogP) is 3.71. The lowest BCUT2D eigenvalue weighted by molar-refractivity contribution is 0.186. The summed E-state index contributed by atoms with van der Waals surface area (Å²) in [5.41, 5.74) is 5.89. The third-order valence-corrected chi connectivity index (χ3v) is 6.10. The van der Waals surface area contributed by atoms with E-state index in [1.54, 1.807) is 7.11 Å². The first-order chi connectivity index (χ1) is 14.6. The van der Waals surface area contributed by atoms with Crippen LogP contribution in [0, 0.1) is 13.8 Å². The van der Waals surface area contributed by atoms with Crippen LogP contribution in [-0.4, -0.2) is 38.3 Å². The lowest BCUT2D eigenvalue weighted by atomic mass is 9.96. The standard InChI is InChI=1S/C23H27N5OS/c1-16-14-19(17(2)27(16)12-13-29-3)22-21(20-6-4-5-9-25-20)26-23(30)28(22)15-18-7-10-24-11-8-18/h4-11,14,21-22H,12-13,15H2,1-3H3,(H,26,30)/t21-,22-/m0/s1. The summed E-state index contributed by atoms with van der Waals surface area (Å²) in [6, 6.07) is 12.4. The van der Waals surface area contributed by atoms with E-state index in [2.05, 4.69) is 50.7 Å². The van der Waals surface area contributed by atoms with E-state index in [-0.39, 0.29) is 12.1 Å². The number of pyridine rings is 2. The maximum Gasteiger partial charge on any atom is 0.170 e. The van der Waals surface area contributed by atoms with E-state index >= 15 is 0 Å². The Bertz CT molecular complexity index is 1010. The maximum absolute atomic E-state index is 5.79. The zero-order valence-corrected chi connectivity index (χ0v) is 18.4. The number of aryl methyl sites for hydroxylation is 1. The summed E-state index contributed by atoms with van der Waals surface area (Å²) in [7, 11) is 1.74. The third-order valence-electron chi connectivity index (χ3n) is 5.75. The molecular weight excluding hydrogens is 394 g/mol. The summed E-state index contributed by atoms with van der Waals surface area (Å²) in [5, 5.41) is 4.28. The van der Waals surface area contributed by atoms with Gasteiger partial charge in [0, 0.05) is 50.2 Å². The van der Waals surface area contributed by atoms with Crippen LogP contribution in [0.5, 0.6) is 0 Å². The van der Waals surface area contributed by atoms with Gasteiger partial charge < -0.3 is 19.5 Å². The molecule has 2 atom stereocenters. The fourth-order valence-electron chi connectivity index (χ4n) is 4.25. The predicted molar refractivity (Wildman–Crippen MR) is 121 cm³/mol. The molecule has 3 aromatic rings. The van der Waals surface area contributed by atoms with Crippen LogP contribution < -0.4 is 5.32 Å².